The van der Waals surface area contributed by atoms with E-state index < -0.39 is 0 Å². The van der Waals surface area contributed by atoms with Crippen LogP contribution >= 0.6 is 0 Å². The van der Waals surface area contributed by atoms with E-state index in [1.165, 1.54) is 0 Å². The first-order valence-corrected chi connectivity index (χ1v) is 2.69. The van der Waals surface area contributed by atoms with Crippen molar-refractivity contribution in [2.45, 2.75) is 6.92 Å². The predicted molar refractivity (Wildman–Crippen MR) is 35.0 cm³/mol. The zero-order valence-corrected chi connectivity index (χ0v) is 5.15. The van der Waals surface area contributed by atoms with E-state index in [0.29, 0.717) is 19.0 Å². The maximum absolute atomic E-state index is 5.27. The largest absolute Gasteiger partial charge is 0.329 e. The van der Waals surface area contributed by atoms with E-state index in [9.17, 15) is 0 Å². The van der Waals surface area contributed by atoms with Crippen LogP contribution in [0.2, 0.25) is 0 Å². The molecule has 0 fully saturated rings. The van der Waals surface area contributed by atoms with Crippen molar-refractivity contribution in [1.82, 2.24) is 0 Å². The maximum Gasteiger partial charge on any atom is 0.0551 e. The van der Waals surface area contributed by atoms with Crippen molar-refractivity contribution in [2.24, 2.45) is 17.4 Å². The molecule has 1 atom stereocenters. The van der Waals surface area contributed by atoms with Crippen molar-refractivity contribution in [2.75, 3.05) is 13.1 Å². The van der Waals surface area contributed by atoms with Gasteiger partial charge in [0.15, 0.2) is 0 Å². The smallest absolute Gasteiger partial charge is 0.0551 e. The Kier molecular flexibility index (Phi) is 4.33. The summed E-state index contributed by atoms with van der Waals surface area (Å²) in [6.07, 6.45) is 0. The van der Waals surface area contributed by atoms with Crippen LogP contribution in [0.3, 0.4) is 0 Å². The van der Waals surface area contributed by atoms with Gasteiger partial charge in [0.2, 0.25) is 0 Å². The maximum atomic E-state index is 5.27. The van der Waals surface area contributed by atoms with E-state index in [4.69, 9.17) is 11.5 Å². The van der Waals surface area contributed by atoms with Crippen molar-refractivity contribution in [3.05, 3.63) is 0 Å². The van der Waals surface area contributed by atoms with Crippen LogP contribution in [0, 0.1) is 17.8 Å². The number of rotatable bonds is 1. The Morgan fingerprint density at radius 1 is 1.50 bits per heavy atom. The van der Waals surface area contributed by atoms with Crippen LogP contribution in [-0.4, -0.2) is 13.1 Å². The molecule has 0 aromatic carbocycles. The van der Waals surface area contributed by atoms with Crippen molar-refractivity contribution in [3.63, 3.8) is 0 Å². The van der Waals surface area contributed by atoms with E-state index >= 15 is 0 Å². The molecule has 0 bridgehead atoms. The number of hydrogen-bond donors (Lipinski definition) is 2. The Bertz CT molecular complexity index is 98.8. The third-order valence-electron chi connectivity index (χ3n) is 0.804. The summed E-state index contributed by atoms with van der Waals surface area (Å²) in [6.45, 7) is 3.03. The quantitative estimate of drug-likeness (QED) is 0.451. The fraction of sp³-hybridized carbons (Fsp3) is 0.667. The lowest BCUT2D eigenvalue weighted by Crippen LogP contribution is -2.08. The summed E-state index contributed by atoms with van der Waals surface area (Å²) < 4.78 is 0. The zero-order valence-electron chi connectivity index (χ0n) is 5.15. The highest BCUT2D eigenvalue weighted by Gasteiger charge is 1.86. The van der Waals surface area contributed by atoms with Gasteiger partial charge >= 0.3 is 0 Å². The second-order valence-corrected chi connectivity index (χ2v) is 1.66. The Labute approximate surface area is 50.2 Å². The Hall–Kier alpha value is -0.520. The molecule has 0 heterocycles. The van der Waals surface area contributed by atoms with Gasteiger partial charge in [0, 0.05) is 12.5 Å². The second-order valence-electron chi connectivity index (χ2n) is 1.66. The predicted octanol–water partition coefficient (Wildman–Crippen LogP) is -0.457. The van der Waals surface area contributed by atoms with Crippen LogP contribution in [0.4, 0.5) is 0 Å². The van der Waals surface area contributed by atoms with Crippen LogP contribution in [0.25, 0.3) is 0 Å². The summed E-state index contributed by atoms with van der Waals surface area (Å²) in [4.78, 5) is 0. The molecule has 4 N–H and O–H groups in total. The molecule has 0 aromatic heterocycles. The van der Waals surface area contributed by atoms with Gasteiger partial charge in [-0.15, -0.1) is 0 Å². The third kappa shape index (κ3) is 3.66. The lowest BCUT2D eigenvalue weighted by Gasteiger charge is -1.92. The molecule has 0 saturated carbocycles. The highest BCUT2D eigenvalue weighted by molar-refractivity contribution is 5.03. The van der Waals surface area contributed by atoms with E-state index in [0.717, 1.165) is 0 Å². The third-order valence-corrected chi connectivity index (χ3v) is 0.804. The standard InChI is InChI=1S/C6H12N2/c1-6(5-8)3-2-4-7/h6H,4-5,7-8H2,1H3. The molecule has 0 rings (SSSR count). The van der Waals surface area contributed by atoms with Crippen LogP contribution < -0.4 is 11.5 Å². The van der Waals surface area contributed by atoms with Crippen LogP contribution in [-0.2, 0) is 0 Å². The van der Waals surface area contributed by atoms with Gasteiger partial charge in [0.25, 0.3) is 0 Å². The molecule has 0 spiro atoms. The monoisotopic (exact) mass is 112 g/mol. The number of hydrogen-bond acceptors (Lipinski definition) is 2. The fourth-order valence-electron chi connectivity index (χ4n) is 0.292. The highest BCUT2D eigenvalue weighted by atomic mass is 14.5. The molecular weight excluding hydrogens is 100 g/mol. The SMILES string of the molecule is CC(C#CCN)CN. The Balaban J connectivity index is 3.35. The van der Waals surface area contributed by atoms with E-state index in [1.54, 1.807) is 0 Å². The van der Waals surface area contributed by atoms with E-state index in [1.807, 2.05) is 6.92 Å². The molecule has 0 aliphatic rings. The van der Waals surface area contributed by atoms with Gasteiger partial charge in [0.05, 0.1) is 6.54 Å². The second kappa shape index (κ2) is 4.63. The Morgan fingerprint density at radius 2 is 2.12 bits per heavy atom. The summed E-state index contributed by atoms with van der Waals surface area (Å²) >= 11 is 0. The topological polar surface area (TPSA) is 52.0 Å². The van der Waals surface area contributed by atoms with Gasteiger partial charge in [-0.1, -0.05) is 18.8 Å². The average molecular weight is 112 g/mol. The first-order chi connectivity index (χ1) is 3.81. The van der Waals surface area contributed by atoms with Gasteiger partial charge in [-0.2, -0.15) is 0 Å². The minimum atomic E-state index is 0.290. The van der Waals surface area contributed by atoms with Crippen LogP contribution in [0.15, 0.2) is 0 Å². The van der Waals surface area contributed by atoms with Crippen molar-refractivity contribution in [3.8, 4) is 11.8 Å². The lowest BCUT2D eigenvalue weighted by molar-refractivity contribution is 0.766. The van der Waals surface area contributed by atoms with E-state index in [-0.39, 0.29) is 0 Å². The molecule has 2 nitrogen and oxygen atoms in total. The minimum absolute atomic E-state index is 0.290. The molecule has 2 heteroatoms. The molecule has 0 radical (unpaired) electrons. The van der Waals surface area contributed by atoms with Crippen LogP contribution in [0.5, 0.6) is 0 Å². The van der Waals surface area contributed by atoms with E-state index in [2.05, 4.69) is 11.8 Å². The van der Waals surface area contributed by atoms with Gasteiger partial charge in [0.1, 0.15) is 0 Å². The van der Waals surface area contributed by atoms with Crippen molar-refractivity contribution in [1.29, 1.82) is 0 Å². The van der Waals surface area contributed by atoms with Crippen LogP contribution in [0.1, 0.15) is 6.92 Å². The highest BCUT2D eigenvalue weighted by Crippen LogP contribution is 1.83. The first kappa shape index (κ1) is 7.48. The summed E-state index contributed by atoms with van der Waals surface area (Å²) in [5.74, 6) is 5.92. The normalized spacial score (nSPS) is 11.9. The molecule has 8 heavy (non-hydrogen) atoms. The van der Waals surface area contributed by atoms with Crippen molar-refractivity contribution >= 4 is 0 Å². The molecule has 0 aliphatic carbocycles. The summed E-state index contributed by atoms with van der Waals surface area (Å²) in [6, 6.07) is 0. The van der Waals surface area contributed by atoms with Crippen molar-refractivity contribution < 1.29 is 0 Å². The van der Waals surface area contributed by atoms with Gasteiger partial charge < -0.3 is 11.5 Å². The molecule has 0 aromatic rings. The van der Waals surface area contributed by atoms with Gasteiger partial charge in [-0.05, 0) is 0 Å². The average Bonchev–Trinajstić information content (AvgIpc) is 1.83. The van der Waals surface area contributed by atoms with Gasteiger partial charge in [-0.25, -0.2) is 0 Å². The molecule has 1 unspecified atom stereocenters. The summed E-state index contributed by atoms with van der Waals surface area (Å²) in [7, 11) is 0. The summed E-state index contributed by atoms with van der Waals surface area (Å²) in [5, 5.41) is 0. The molecular formula is C6H12N2. The zero-order chi connectivity index (χ0) is 6.41. The minimum Gasteiger partial charge on any atom is -0.329 e. The lowest BCUT2D eigenvalue weighted by atomic mass is 10.2. The van der Waals surface area contributed by atoms with Gasteiger partial charge in [-0.3, -0.25) is 0 Å². The fourth-order valence-corrected chi connectivity index (χ4v) is 0.292. The summed E-state index contributed by atoms with van der Waals surface area (Å²) in [5.41, 5.74) is 10.4. The first-order valence-electron chi connectivity index (χ1n) is 2.69. The molecule has 46 valence electrons. The number of nitrogens with two attached hydrogens (primary N) is 2. The molecule has 0 amide bonds. The molecule has 0 saturated heterocycles. The molecule has 0 aliphatic heterocycles. The Morgan fingerprint density at radius 3 is 2.50 bits per heavy atom.